The molecule has 0 amide bonds. The average Bonchev–Trinajstić information content (AvgIpc) is 2.09. The highest BCUT2D eigenvalue weighted by molar-refractivity contribution is 4.85. The van der Waals surface area contributed by atoms with Crippen LogP contribution >= 0.6 is 0 Å². The topological polar surface area (TPSA) is 18.5 Å². The fraction of sp³-hybridized carbons (Fsp3) is 1.00. The van der Waals surface area contributed by atoms with E-state index in [2.05, 4.69) is 13.8 Å². The summed E-state index contributed by atoms with van der Waals surface area (Å²) in [6.45, 7) is 6.93. The molecule has 0 saturated carbocycles. The summed E-state index contributed by atoms with van der Waals surface area (Å²) in [6, 6.07) is 0. The summed E-state index contributed by atoms with van der Waals surface area (Å²) in [5.74, 6) is 0. The number of unbranched alkanes of at least 4 members (excludes halogenated alkanes) is 3. The molecule has 1 rings (SSSR count). The molecule has 1 saturated heterocycles. The highest BCUT2D eigenvalue weighted by atomic mass is 16.6. The molecule has 0 aromatic carbocycles. The maximum absolute atomic E-state index is 5.84. The van der Waals surface area contributed by atoms with Crippen molar-refractivity contribution in [1.29, 1.82) is 0 Å². The summed E-state index contributed by atoms with van der Waals surface area (Å²) < 4.78 is 11.0. The summed E-state index contributed by atoms with van der Waals surface area (Å²) in [7, 11) is 0. The van der Waals surface area contributed by atoms with Crippen molar-refractivity contribution in [2.24, 2.45) is 0 Å². The van der Waals surface area contributed by atoms with Crippen LogP contribution in [0.3, 0.4) is 0 Å². The lowest BCUT2D eigenvalue weighted by Gasteiger charge is -2.40. The van der Waals surface area contributed by atoms with E-state index < -0.39 is 0 Å². The van der Waals surface area contributed by atoms with Crippen LogP contribution in [-0.4, -0.2) is 25.4 Å². The van der Waals surface area contributed by atoms with Crippen molar-refractivity contribution < 1.29 is 9.47 Å². The van der Waals surface area contributed by atoms with Gasteiger partial charge < -0.3 is 9.47 Å². The molecule has 0 spiro atoms. The Bertz CT molecular complexity index is 125. The van der Waals surface area contributed by atoms with Gasteiger partial charge in [0.05, 0.1) is 13.2 Å². The molecule has 0 N–H and O–H groups in total. The quantitative estimate of drug-likeness (QED) is 0.569. The molecule has 1 heterocycles. The van der Waals surface area contributed by atoms with Crippen LogP contribution < -0.4 is 0 Å². The first kappa shape index (κ1) is 11.0. The molecule has 0 aromatic heterocycles. The third-order valence-corrected chi connectivity index (χ3v) is 2.78. The lowest BCUT2D eigenvalue weighted by molar-refractivity contribution is -0.211. The van der Waals surface area contributed by atoms with Crippen molar-refractivity contribution in [3.63, 3.8) is 0 Å². The van der Waals surface area contributed by atoms with Crippen LogP contribution in [0.4, 0.5) is 0 Å². The zero-order valence-corrected chi connectivity index (χ0v) is 8.97. The second kappa shape index (κ2) is 5.61. The van der Waals surface area contributed by atoms with E-state index in [1.807, 2.05) is 0 Å². The van der Waals surface area contributed by atoms with Crippen LogP contribution in [0.1, 0.15) is 46.0 Å². The predicted octanol–water partition coefficient (Wildman–Crippen LogP) is 2.76. The molecular formula is C11H22O2. The van der Waals surface area contributed by atoms with Crippen molar-refractivity contribution in [3.8, 4) is 0 Å². The average molecular weight is 186 g/mol. The second-order valence-electron chi connectivity index (χ2n) is 3.94. The van der Waals surface area contributed by atoms with Gasteiger partial charge in [0.15, 0.2) is 0 Å². The molecule has 0 aliphatic carbocycles. The lowest BCUT2D eigenvalue weighted by atomic mass is 9.99. The van der Waals surface area contributed by atoms with Gasteiger partial charge in [0, 0.05) is 6.61 Å². The van der Waals surface area contributed by atoms with Crippen molar-refractivity contribution in [2.75, 3.05) is 19.8 Å². The first-order valence-electron chi connectivity index (χ1n) is 5.55. The van der Waals surface area contributed by atoms with Gasteiger partial charge in [-0.25, -0.2) is 0 Å². The fourth-order valence-corrected chi connectivity index (χ4v) is 1.54. The highest BCUT2D eigenvalue weighted by Crippen LogP contribution is 2.25. The third kappa shape index (κ3) is 3.28. The highest BCUT2D eigenvalue weighted by Gasteiger charge is 2.37. The SMILES string of the molecule is CCCCCCOC1(CC)COC1. The zero-order valence-electron chi connectivity index (χ0n) is 8.97. The maximum Gasteiger partial charge on any atom is 0.114 e. The van der Waals surface area contributed by atoms with Gasteiger partial charge in [0.25, 0.3) is 0 Å². The Morgan fingerprint density at radius 3 is 2.38 bits per heavy atom. The molecule has 1 aliphatic heterocycles. The molecule has 0 unspecified atom stereocenters. The predicted molar refractivity (Wildman–Crippen MR) is 53.9 cm³/mol. The van der Waals surface area contributed by atoms with E-state index in [1.54, 1.807) is 0 Å². The molecule has 1 aliphatic rings. The van der Waals surface area contributed by atoms with E-state index in [-0.39, 0.29) is 5.60 Å². The minimum absolute atomic E-state index is 0.0895. The first-order chi connectivity index (χ1) is 6.33. The van der Waals surface area contributed by atoms with Crippen LogP contribution in [0.15, 0.2) is 0 Å². The largest absolute Gasteiger partial charge is 0.375 e. The third-order valence-electron chi connectivity index (χ3n) is 2.78. The van der Waals surface area contributed by atoms with E-state index in [0.29, 0.717) is 0 Å². The maximum atomic E-state index is 5.84. The molecule has 13 heavy (non-hydrogen) atoms. The Morgan fingerprint density at radius 1 is 1.15 bits per heavy atom. The Hall–Kier alpha value is -0.0800. The number of rotatable bonds is 7. The Morgan fingerprint density at radius 2 is 1.92 bits per heavy atom. The number of hydrogen-bond donors (Lipinski definition) is 0. The van der Waals surface area contributed by atoms with Crippen LogP contribution in [0.2, 0.25) is 0 Å². The number of hydrogen-bond acceptors (Lipinski definition) is 2. The van der Waals surface area contributed by atoms with Crippen LogP contribution in [0.25, 0.3) is 0 Å². The minimum atomic E-state index is 0.0895. The molecule has 78 valence electrons. The smallest absolute Gasteiger partial charge is 0.114 e. The monoisotopic (exact) mass is 186 g/mol. The van der Waals surface area contributed by atoms with Gasteiger partial charge in [0.2, 0.25) is 0 Å². The molecule has 0 atom stereocenters. The first-order valence-corrected chi connectivity index (χ1v) is 5.55. The molecule has 1 fully saturated rings. The Balaban J connectivity index is 1.98. The summed E-state index contributed by atoms with van der Waals surface area (Å²) in [5, 5.41) is 0. The second-order valence-corrected chi connectivity index (χ2v) is 3.94. The van der Waals surface area contributed by atoms with Gasteiger partial charge in [0.1, 0.15) is 5.60 Å². The van der Waals surface area contributed by atoms with E-state index >= 15 is 0 Å². The van der Waals surface area contributed by atoms with E-state index in [4.69, 9.17) is 9.47 Å². The van der Waals surface area contributed by atoms with Crippen molar-refractivity contribution in [2.45, 2.75) is 51.6 Å². The van der Waals surface area contributed by atoms with E-state index in [9.17, 15) is 0 Å². The standard InChI is InChI=1S/C11H22O2/c1-3-5-6-7-8-13-11(4-2)9-12-10-11/h3-10H2,1-2H3. The summed E-state index contributed by atoms with van der Waals surface area (Å²) in [5.41, 5.74) is 0.0895. The molecule has 2 heteroatoms. The number of ether oxygens (including phenoxy) is 2. The van der Waals surface area contributed by atoms with Gasteiger partial charge in [-0.1, -0.05) is 33.1 Å². The van der Waals surface area contributed by atoms with E-state index in [1.165, 1.54) is 25.7 Å². The fourth-order valence-electron chi connectivity index (χ4n) is 1.54. The van der Waals surface area contributed by atoms with Crippen LogP contribution in [0, 0.1) is 0 Å². The summed E-state index contributed by atoms with van der Waals surface area (Å²) in [6.07, 6.45) is 6.22. The van der Waals surface area contributed by atoms with Crippen molar-refractivity contribution >= 4 is 0 Å². The molecule has 0 aromatic rings. The normalized spacial score (nSPS) is 19.8. The van der Waals surface area contributed by atoms with E-state index in [0.717, 1.165) is 26.2 Å². The van der Waals surface area contributed by atoms with Crippen LogP contribution in [-0.2, 0) is 9.47 Å². The van der Waals surface area contributed by atoms with Crippen molar-refractivity contribution in [3.05, 3.63) is 0 Å². The zero-order chi connectivity index (χ0) is 9.57. The molecule has 0 radical (unpaired) electrons. The molecule has 0 bridgehead atoms. The lowest BCUT2D eigenvalue weighted by Crippen LogP contribution is -2.51. The van der Waals surface area contributed by atoms with Gasteiger partial charge in [-0.2, -0.15) is 0 Å². The van der Waals surface area contributed by atoms with Crippen LogP contribution in [0.5, 0.6) is 0 Å². The Labute approximate surface area is 81.6 Å². The molecular weight excluding hydrogens is 164 g/mol. The summed E-state index contributed by atoms with van der Waals surface area (Å²) in [4.78, 5) is 0. The van der Waals surface area contributed by atoms with Gasteiger partial charge in [-0.3, -0.25) is 0 Å². The van der Waals surface area contributed by atoms with Gasteiger partial charge in [-0.05, 0) is 12.8 Å². The Kier molecular flexibility index (Phi) is 4.74. The minimum Gasteiger partial charge on any atom is -0.375 e. The summed E-state index contributed by atoms with van der Waals surface area (Å²) >= 11 is 0. The van der Waals surface area contributed by atoms with Crippen molar-refractivity contribution in [1.82, 2.24) is 0 Å². The van der Waals surface area contributed by atoms with Gasteiger partial charge >= 0.3 is 0 Å². The molecule has 2 nitrogen and oxygen atoms in total. The van der Waals surface area contributed by atoms with Gasteiger partial charge in [-0.15, -0.1) is 0 Å².